The van der Waals surface area contributed by atoms with E-state index >= 15 is 0 Å². The molecule has 172 valence electrons. The molecule has 2 rings (SSSR count). The van der Waals surface area contributed by atoms with E-state index in [0.717, 1.165) is 0 Å². The molecule has 0 unspecified atom stereocenters. The maximum atomic E-state index is 11.8. The highest BCUT2D eigenvalue weighted by Crippen LogP contribution is 2.27. The molecule has 0 heterocycles. The molecule has 2 aromatic carbocycles. The number of sulfonamides is 1. The monoisotopic (exact) mass is 473 g/mol. The number of methoxy groups -OCH3 is 1. The van der Waals surface area contributed by atoms with E-state index in [0.29, 0.717) is 30.1 Å². The van der Waals surface area contributed by atoms with E-state index in [1.165, 1.54) is 24.3 Å². The van der Waals surface area contributed by atoms with Gasteiger partial charge in [0.05, 0.1) is 31.6 Å². The molecule has 0 aliphatic carbocycles. The number of rotatable bonds is 12. The Kier molecular flexibility index (Phi) is 10.5. The van der Waals surface area contributed by atoms with Gasteiger partial charge >= 0.3 is 0 Å². The summed E-state index contributed by atoms with van der Waals surface area (Å²) in [5.41, 5.74) is 0.684. The molecule has 2 aromatic rings. The second-order valence-electron chi connectivity index (χ2n) is 6.56. The van der Waals surface area contributed by atoms with Crippen molar-refractivity contribution in [2.75, 3.05) is 26.9 Å². The number of nitroso groups, excluding NO2 is 1. The van der Waals surface area contributed by atoms with Gasteiger partial charge in [-0.3, -0.25) is 5.01 Å². The van der Waals surface area contributed by atoms with E-state index in [1.807, 2.05) is 32.0 Å². The summed E-state index contributed by atoms with van der Waals surface area (Å²) in [7, 11) is -2.57. The highest BCUT2D eigenvalue weighted by molar-refractivity contribution is 7.89. The molecule has 0 bridgehead atoms. The van der Waals surface area contributed by atoms with Crippen molar-refractivity contribution in [3.8, 4) is 17.2 Å². The van der Waals surface area contributed by atoms with Gasteiger partial charge in [-0.2, -0.15) is 0 Å². The van der Waals surface area contributed by atoms with Crippen LogP contribution in [0.4, 0.5) is 0 Å². The number of hydrogen-bond acceptors (Lipinski definition) is 7. The van der Waals surface area contributed by atoms with Crippen LogP contribution in [0.1, 0.15) is 19.4 Å². The highest BCUT2D eigenvalue weighted by Gasteiger charge is 2.19. The van der Waals surface area contributed by atoms with E-state index in [2.05, 4.69) is 5.29 Å². The van der Waals surface area contributed by atoms with Crippen LogP contribution in [-0.4, -0.2) is 46.3 Å². The summed E-state index contributed by atoms with van der Waals surface area (Å²) in [5, 5.41) is 9.69. The summed E-state index contributed by atoms with van der Waals surface area (Å²) < 4.78 is 39.9. The topological polar surface area (TPSA) is 121 Å². The number of primary sulfonamides is 1. The van der Waals surface area contributed by atoms with Gasteiger partial charge in [0.1, 0.15) is 17.3 Å². The summed E-state index contributed by atoms with van der Waals surface area (Å²) in [5.74, 6) is 1.39. The minimum absolute atomic E-state index is 0. The smallest absolute Gasteiger partial charge is 0.241 e. The predicted molar refractivity (Wildman–Crippen MR) is 120 cm³/mol. The molecule has 0 saturated heterocycles. The fraction of sp³-hybridized carbons (Fsp3) is 0.400. The maximum absolute atomic E-state index is 11.8. The number of nitrogens with zero attached hydrogens (tertiary/aromatic N) is 2. The maximum Gasteiger partial charge on any atom is 0.241 e. The Labute approximate surface area is 188 Å². The van der Waals surface area contributed by atoms with Gasteiger partial charge in [0, 0.05) is 0 Å². The molecule has 0 fully saturated rings. The lowest BCUT2D eigenvalue weighted by Crippen LogP contribution is -2.33. The van der Waals surface area contributed by atoms with Gasteiger partial charge in [-0.15, -0.1) is 17.3 Å². The zero-order chi connectivity index (χ0) is 22.1. The van der Waals surface area contributed by atoms with Crippen molar-refractivity contribution in [2.24, 2.45) is 10.4 Å². The van der Waals surface area contributed by atoms with Crippen molar-refractivity contribution in [3.05, 3.63) is 52.9 Å². The third-order valence-corrected chi connectivity index (χ3v) is 5.34. The Bertz CT molecular complexity index is 958. The molecule has 0 aliphatic heterocycles. The third kappa shape index (κ3) is 7.57. The molecule has 0 saturated carbocycles. The molecule has 2 N–H and O–H groups in total. The number of halogens is 1. The molecule has 11 heteroatoms. The summed E-state index contributed by atoms with van der Waals surface area (Å²) in [6, 6.07) is 11.7. The van der Waals surface area contributed by atoms with Crippen molar-refractivity contribution >= 4 is 22.4 Å². The van der Waals surface area contributed by atoms with Crippen LogP contribution in [0, 0.1) is 4.91 Å². The van der Waals surface area contributed by atoms with Crippen LogP contribution in [0.3, 0.4) is 0 Å². The third-order valence-electron chi connectivity index (χ3n) is 4.41. The SMILES string of the molecule is CCOc1ccccc1OCCN(N=O)[C@H](C)Cc1ccc(OC)c(S(N)(=O)=O)c1.Cl. The minimum Gasteiger partial charge on any atom is -0.495 e. The molecule has 9 nitrogen and oxygen atoms in total. The first-order valence-corrected chi connectivity index (χ1v) is 11.0. The molecule has 31 heavy (non-hydrogen) atoms. The molecular formula is C20H28ClN3O6S. The summed E-state index contributed by atoms with van der Waals surface area (Å²) in [4.78, 5) is 11.2. The number of para-hydroxylation sites is 2. The highest BCUT2D eigenvalue weighted by atomic mass is 35.5. The van der Waals surface area contributed by atoms with Gasteiger partial charge in [0.15, 0.2) is 11.5 Å². The molecule has 0 aliphatic rings. The van der Waals surface area contributed by atoms with Crippen molar-refractivity contribution in [3.63, 3.8) is 0 Å². The number of ether oxygens (including phenoxy) is 3. The van der Waals surface area contributed by atoms with Gasteiger partial charge in [0.2, 0.25) is 10.0 Å². The van der Waals surface area contributed by atoms with Crippen LogP contribution in [-0.2, 0) is 16.4 Å². The van der Waals surface area contributed by atoms with Gasteiger partial charge in [-0.25, -0.2) is 13.6 Å². The van der Waals surface area contributed by atoms with Crippen LogP contribution in [0.15, 0.2) is 52.6 Å². The lowest BCUT2D eigenvalue weighted by atomic mass is 10.1. The first-order chi connectivity index (χ1) is 14.3. The van der Waals surface area contributed by atoms with Gasteiger partial charge in [0.25, 0.3) is 0 Å². The Morgan fingerprint density at radius 3 is 2.29 bits per heavy atom. The van der Waals surface area contributed by atoms with Crippen molar-refractivity contribution in [1.29, 1.82) is 0 Å². The predicted octanol–water partition coefficient (Wildman–Crippen LogP) is 3.16. The summed E-state index contributed by atoms with van der Waals surface area (Å²) in [6.07, 6.45) is 0.383. The van der Waals surface area contributed by atoms with E-state index in [-0.39, 0.29) is 42.2 Å². The average molecular weight is 474 g/mol. The second-order valence-corrected chi connectivity index (χ2v) is 8.09. The van der Waals surface area contributed by atoms with Gasteiger partial charge < -0.3 is 14.2 Å². The second kappa shape index (κ2) is 12.3. The molecule has 0 amide bonds. The van der Waals surface area contributed by atoms with E-state index in [1.54, 1.807) is 12.1 Å². The lowest BCUT2D eigenvalue weighted by Gasteiger charge is -2.23. The lowest BCUT2D eigenvalue weighted by molar-refractivity contribution is 0.167. The van der Waals surface area contributed by atoms with Crippen molar-refractivity contribution in [1.82, 2.24) is 5.01 Å². The molecule has 1 atom stereocenters. The Balaban J connectivity index is 0.00000480. The van der Waals surface area contributed by atoms with Crippen LogP contribution in [0.2, 0.25) is 0 Å². The van der Waals surface area contributed by atoms with Crippen LogP contribution >= 0.6 is 12.4 Å². The number of hydrogen-bond donors (Lipinski definition) is 1. The summed E-state index contributed by atoms with van der Waals surface area (Å²) >= 11 is 0. The molecule has 0 spiro atoms. The quantitative estimate of drug-likeness (QED) is 0.371. The average Bonchev–Trinajstić information content (AvgIpc) is 2.71. The molecule has 0 aromatic heterocycles. The Hall–Kier alpha value is -2.56. The van der Waals surface area contributed by atoms with Crippen molar-refractivity contribution in [2.45, 2.75) is 31.2 Å². The van der Waals surface area contributed by atoms with Crippen LogP contribution < -0.4 is 19.3 Å². The zero-order valence-electron chi connectivity index (χ0n) is 17.7. The fourth-order valence-corrected chi connectivity index (χ4v) is 3.70. The molecular weight excluding hydrogens is 446 g/mol. The molecule has 0 radical (unpaired) electrons. The number of nitrogens with two attached hydrogens (primary N) is 1. The Morgan fingerprint density at radius 2 is 1.74 bits per heavy atom. The standard InChI is InChI=1S/C20H27N3O6S.ClH/c1-4-28-17-7-5-6-8-18(17)29-12-11-23(22-24)15(2)13-16-9-10-19(27-3)20(14-16)30(21,25)26;/h5-10,14-15H,4,11-13H2,1-3H3,(H2,21,25,26);1H/t15-;/m1./s1. The summed E-state index contributed by atoms with van der Waals surface area (Å²) in [6.45, 7) is 4.70. The van der Waals surface area contributed by atoms with Gasteiger partial charge in [-0.05, 0) is 50.1 Å². The van der Waals surface area contributed by atoms with E-state index < -0.39 is 10.0 Å². The number of benzene rings is 2. The normalized spacial score (nSPS) is 11.7. The van der Waals surface area contributed by atoms with Crippen LogP contribution in [0.25, 0.3) is 0 Å². The largest absolute Gasteiger partial charge is 0.495 e. The van der Waals surface area contributed by atoms with E-state index in [9.17, 15) is 13.3 Å². The van der Waals surface area contributed by atoms with E-state index in [4.69, 9.17) is 19.3 Å². The fourth-order valence-electron chi connectivity index (χ4n) is 2.95. The van der Waals surface area contributed by atoms with Crippen LogP contribution in [0.5, 0.6) is 17.2 Å². The first-order valence-electron chi connectivity index (χ1n) is 9.44. The van der Waals surface area contributed by atoms with Gasteiger partial charge in [-0.1, -0.05) is 18.2 Å². The van der Waals surface area contributed by atoms with Crippen molar-refractivity contribution < 1.29 is 22.6 Å². The zero-order valence-corrected chi connectivity index (χ0v) is 19.3. The Morgan fingerprint density at radius 1 is 1.10 bits per heavy atom. The first kappa shape index (κ1) is 26.5. The minimum atomic E-state index is -3.94.